The van der Waals surface area contributed by atoms with Crippen molar-refractivity contribution in [3.8, 4) is 34.1 Å². The van der Waals surface area contributed by atoms with Crippen LogP contribution in [0.5, 0.6) is 0 Å². The van der Waals surface area contributed by atoms with Gasteiger partial charge in [0.05, 0.1) is 5.56 Å². The maximum absolute atomic E-state index is 14.0. The lowest BCUT2D eigenvalue weighted by Gasteiger charge is -2.07. The van der Waals surface area contributed by atoms with Crippen molar-refractivity contribution in [3.05, 3.63) is 83.4 Å². The molecular formula is C22H13F5. The summed E-state index contributed by atoms with van der Waals surface area (Å²) in [6.07, 6.45) is -4.82. The van der Waals surface area contributed by atoms with E-state index in [1.54, 1.807) is 12.1 Å². The summed E-state index contributed by atoms with van der Waals surface area (Å²) in [5.41, 5.74) is 2.94. The van der Waals surface area contributed by atoms with Crippen LogP contribution in [0, 0.1) is 30.4 Å². The highest BCUT2D eigenvalue weighted by Crippen LogP contribution is 2.27. The van der Waals surface area contributed by atoms with Crippen molar-refractivity contribution < 1.29 is 22.0 Å². The second-order valence-electron chi connectivity index (χ2n) is 6.01. The van der Waals surface area contributed by atoms with Crippen LogP contribution in [-0.4, -0.2) is 6.18 Å². The van der Waals surface area contributed by atoms with Gasteiger partial charge in [0.2, 0.25) is 0 Å². The number of benzene rings is 3. The van der Waals surface area contributed by atoms with Crippen molar-refractivity contribution in [2.45, 2.75) is 13.1 Å². The summed E-state index contributed by atoms with van der Waals surface area (Å²) in [4.78, 5) is 0. The molecule has 3 aromatic rings. The Morgan fingerprint density at radius 3 is 1.52 bits per heavy atom. The van der Waals surface area contributed by atoms with Gasteiger partial charge < -0.3 is 0 Å². The molecule has 0 aliphatic carbocycles. The Morgan fingerprint density at radius 2 is 1.07 bits per heavy atom. The van der Waals surface area contributed by atoms with Gasteiger partial charge in [-0.2, -0.15) is 13.2 Å². The summed E-state index contributed by atoms with van der Waals surface area (Å²) in [5.74, 6) is 0.119. The molecule has 0 aliphatic rings. The minimum absolute atomic E-state index is 0.220. The van der Waals surface area contributed by atoms with Crippen molar-refractivity contribution in [2.24, 2.45) is 0 Å². The third-order valence-corrected chi connectivity index (χ3v) is 3.97. The van der Waals surface area contributed by atoms with Gasteiger partial charge in [0.25, 0.3) is 0 Å². The van der Waals surface area contributed by atoms with Crippen LogP contribution in [0.15, 0.2) is 60.7 Å². The highest BCUT2D eigenvalue weighted by molar-refractivity contribution is 5.71. The first-order valence-corrected chi connectivity index (χ1v) is 7.99. The zero-order chi connectivity index (χ0) is 19.6. The lowest BCUT2D eigenvalue weighted by atomic mass is 9.98. The molecule has 0 unspecified atom stereocenters. The summed E-state index contributed by atoms with van der Waals surface area (Å²) in [7, 11) is 0. The molecule has 0 saturated heterocycles. The van der Waals surface area contributed by atoms with Crippen LogP contribution in [0.4, 0.5) is 22.0 Å². The molecule has 0 heterocycles. The van der Waals surface area contributed by atoms with Crippen molar-refractivity contribution >= 4 is 0 Å². The number of aryl methyl sites for hydroxylation is 1. The standard InChI is InChI=1S/C22H13F5/c1-14-2-4-15(5-3-14)16-6-8-17(9-7-16)18-12-20(23)19(21(24)13-18)10-11-22(25,26)27/h2-9,12-13H,1H3. The molecular weight excluding hydrogens is 359 g/mol. The molecule has 0 radical (unpaired) electrons. The molecule has 0 N–H and O–H groups in total. The van der Waals surface area contributed by atoms with Crippen LogP contribution in [0.1, 0.15) is 11.1 Å². The van der Waals surface area contributed by atoms with Crippen molar-refractivity contribution in [1.29, 1.82) is 0 Å². The van der Waals surface area contributed by atoms with Crippen LogP contribution in [0.25, 0.3) is 22.3 Å². The van der Waals surface area contributed by atoms with Crippen LogP contribution in [-0.2, 0) is 0 Å². The highest BCUT2D eigenvalue weighted by Gasteiger charge is 2.23. The van der Waals surface area contributed by atoms with E-state index in [2.05, 4.69) is 0 Å². The van der Waals surface area contributed by atoms with E-state index in [1.807, 2.05) is 43.3 Å². The highest BCUT2D eigenvalue weighted by atomic mass is 19.4. The first-order valence-electron chi connectivity index (χ1n) is 7.99. The lowest BCUT2D eigenvalue weighted by Crippen LogP contribution is -2.02. The summed E-state index contributed by atoms with van der Waals surface area (Å²) in [5, 5.41) is 0. The zero-order valence-corrected chi connectivity index (χ0v) is 14.2. The van der Waals surface area contributed by atoms with E-state index < -0.39 is 23.4 Å². The molecule has 136 valence electrons. The fraction of sp³-hybridized carbons (Fsp3) is 0.0909. The second-order valence-corrected chi connectivity index (χ2v) is 6.01. The molecule has 0 aromatic heterocycles. The number of halogens is 5. The van der Waals surface area contributed by atoms with Crippen molar-refractivity contribution in [2.75, 3.05) is 0 Å². The maximum Gasteiger partial charge on any atom is 0.458 e. The van der Waals surface area contributed by atoms with Gasteiger partial charge in [-0.3, -0.25) is 0 Å². The Bertz CT molecular complexity index is 995. The molecule has 0 nitrogen and oxygen atoms in total. The fourth-order valence-corrected chi connectivity index (χ4v) is 2.59. The summed E-state index contributed by atoms with van der Waals surface area (Å²) in [6.45, 7) is 1.98. The molecule has 0 amide bonds. The Balaban J connectivity index is 1.92. The van der Waals surface area contributed by atoms with Crippen LogP contribution in [0.2, 0.25) is 0 Å². The van der Waals surface area contributed by atoms with E-state index in [9.17, 15) is 22.0 Å². The summed E-state index contributed by atoms with van der Waals surface area (Å²) < 4.78 is 64.5. The van der Waals surface area contributed by atoms with E-state index in [0.717, 1.165) is 34.7 Å². The van der Waals surface area contributed by atoms with Gasteiger partial charge in [-0.1, -0.05) is 60.0 Å². The molecule has 0 atom stereocenters. The molecule has 0 bridgehead atoms. The van der Waals surface area contributed by atoms with Crippen LogP contribution < -0.4 is 0 Å². The quantitative estimate of drug-likeness (QED) is 0.355. The predicted molar refractivity (Wildman–Crippen MR) is 94.9 cm³/mol. The molecule has 0 aliphatic heterocycles. The lowest BCUT2D eigenvalue weighted by molar-refractivity contribution is -0.0696. The van der Waals surface area contributed by atoms with E-state index in [0.29, 0.717) is 5.56 Å². The summed E-state index contributed by atoms with van der Waals surface area (Å²) in [6, 6.07) is 16.9. The Hall–Kier alpha value is -3.13. The van der Waals surface area contributed by atoms with Crippen molar-refractivity contribution in [3.63, 3.8) is 0 Å². The fourth-order valence-electron chi connectivity index (χ4n) is 2.59. The molecule has 3 rings (SSSR count). The van der Waals surface area contributed by atoms with Crippen molar-refractivity contribution in [1.82, 2.24) is 0 Å². The second kappa shape index (κ2) is 7.24. The average molecular weight is 372 g/mol. The van der Waals surface area contributed by atoms with Gasteiger partial charge in [0.1, 0.15) is 11.6 Å². The largest absolute Gasteiger partial charge is 0.458 e. The first kappa shape index (κ1) is 18.7. The maximum atomic E-state index is 14.0. The van der Waals surface area contributed by atoms with Gasteiger partial charge >= 0.3 is 6.18 Å². The number of rotatable bonds is 2. The topological polar surface area (TPSA) is 0 Å². The van der Waals surface area contributed by atoms with E-state index in [4.69, 9.17) is 0 Å². The van der Waals surface area contributed by atoms with Gasteiger partial charge in [0.15, 0.2) is 0 Å². The van der Waals surface area contributed by atoms with E-state index in [1.165, 1.54) is 5.92 Å². The predicted octanol–water partition coefficient (Wildman–Crippen LogP) is 6.52. The van der Waals surface area contributed by atoms with Gasteiger partial charge in [-0.05, 0) is 41.3 Å². The number of hydrogen-bond acceptors (Lipinski definition) is 0. The molecule has 0 fully saturated rings. The molecule has 27 heavy (non-hydrogen) atoms. The normalized spacial score (nSPS) is 11.0. The number of hydrogen-bond donors (Lipinski definition) is 0. The van der Waals surface area contributed by atoms with Crippen LogP contribution in [0.3, 0.4) is 0 Å². The monoisotopic (exact) mass is 372 g/mol. The first-order chi connectivity index (χ1) is 12.7. The van der Waals surface area contributed by atoms with Gasteiger partial charge in [0, 0.05) is 5.92 Å². The van der Waals surface area contributed by atoms with Gasteiger partial charge in [-0.15, -0.1) is 0 Å². The van der Waals surface area contributed by atoms with Gasteiger partial charge in [-0.25, -0.2) is 8.78 Å². The Kier molecular flexibility index (Phi) is 5.00. The number of alkyl halides is 3. The Labute approximate surface area is 153 Å². The van der Waals surface area contributed by atoms with Crippen LogP contribution >= 0.6 is 0 Å². The SMILES string of the molecule is Cc1ccc(-c2ccc(-c3cc(F)c(C#CC(F)(F)F)c(F)c3)cc2)cc1. The minimum Gasteiger partial charge on any atom is -0.205 e. The third kappa shape index (κ3) is 4.53. The smallest absolute Gasteiger partial charge is 0.205 e. The third-order valence-electron chi connectivity index (χ3n) is 3.97. The zero-order valence-electron chi connectivity index (χ0n) is 14.2. The average Bonchev–Trinajstić information content (AvgIpc) is 2.61. The van der Waals surface area contributed by atoms with E-state index in [-0.39, 0.29) is 5.56 Å². The van der Waals surface area contributed by atoms with E-state index >= 15 is 0 Å². The molecule has 5 heteroatoms. The molecule has 0 spiro atoms. The summed E-state index contributed by atoms with van der Waals surface area (Å²) >= 11 is 0. The molecule has 3 aromatic carbocycles. The Morgan fingerprint density at radius 1 is 0.667 bits per heavy atom. The minimum atomic E-state index is -4.82. The molecule has 0 saturated carbocycles.